The first-order valence-electron chi connectivity index (χ1n) is 11.5. The molecule has 0 aliphatic carbocycles. The standard InChI is InChI=1S/C27H30N4O3/c1-2-34-20-18-27(33)22-8-12-24(13-9-22)29-31-26-16-14-25(15-17-26)30-28-23-10-6-21(7-11-23)5-3-4-19-32/h6-17,32H,2-5,18-20H2,1H3. The van der Waals surface area contributed by atoms with E-state index in [1.807, 2.05) is 55.5 Å². The van der Waals surface area contributed by atoms with Crippen LogP contribution < -0.4 is 0 Å². The van der Waals surface area contributed by atoms with Crippen molar-refractivity contribution in [1.29, 1.82) is 0 Å². The average Bonchev–Trinajstić information content (AvgIpc) is 2.88. The zero-order chi connectivity index (χ0) is 24.0. The molecule has 1 N–H and O–H groups in total. The molecule has 0 saturated heterocycles. The predicted octanol–water partition coefficient (Wildman–Crippen LogP) is 7.44. The summed E-state index contributed by atoms with van der Waals surface area (Å²) in [6.07, 6.45) is 3.11. The summed E-state index contributed by atoms with van der Waals surface area (Å²) >= 11 is 0. The van der Waals surface area contributed by atoms with Gasteiger partial charge in [-0.05, 0) is 92.4 Å². The number of rotatable bonds is 13. The van der Waals surface area contributed by atoms with E-state index in [4.69, 9.17) is 9.84 Å². The maximum absolute atomic E-state index is 12.1. The van der Waals surface area contributed by atoms with E-state index in [1.54, 1.807) is 24.3 Å². The monoisotopic (exact) mass is 458 g/mol. The maximum atomic E-state index is 12.1. The van der Waals surface area contributed by atoms with Gasteiger partial charge in [-0.15, -0.1) is 0 Å². The smallest absolute Gasteiger partial charge is 0.165 e. The maximum Gasteiger partial charge on any atom is 0.165 e. The first-order chi connectivity index (χ1) is 16.7. The normalized spacial score (nSPS) is 11.5. The van der Waals surface area contributed by atoms with Crippen molar-refractivity contribution in [2.24, 2.45) is 20.5 Å². The van der Waals surface area contributed by atoms with Crippen LogP contribution in [-0.4, -0.2) is 30.7 Å². The quantitative estimate of drug-likeness (QED) is 0.164. The largest absolute Gasteiger partial charge is 0.396 e. The van der Waals surface area contributed by atoms with Crippen LogP contribution >= 0.6 is 0 Å². The van der Waals surface area contributed by atoms with Crippen molar-refractivity contribution < 1.29 is 14.6 Å². The van der Waals surface area contributed by atoms with Crippen LogP contribution in [0.15, 0.2) is 93.3 Å². The zero-order valence-corrected chi connectivity index (χ0v) is 19.4. The van der Waals surface area contributed by atoms with Crippen molar-refractivity contribution in [3.05, 3.63) is 83.9 Å². The van der Waals surface area contributed by atoms with E-state index in [0.29, 0.717) is 36.6 Å². The summed E-state index contributed by atoms with van der Waals surface area (Å²) in [4.78, 5) is 12.1. The fraction of sp³-hybridized carbons (Fsp3) is 0.296. The predicted molar refractivity (Wildman–Crippen MR) is 133 cm³/mol. The molecule has 3 rings (SSSR count). The van der Waals surface area contributed by atoms with Gasteiger partial charge in [0.15, 0.2) is 5.78 Å². The minimum absolute atomic E-state index is 0.0516. The molecule has 0 amide bonds. The second kappa shape index (κ2) is 13.9. The van der Waals surface area contributed by atoms with Gasteiger partial charge < -0.3 is 9.84 Å². The highest BCUT2D eigenvalue weighted by molar-refractivity contribution is 5.96. The van der Waals surface area contributed by atoms with E-state index >= 15 is 0 Å². The van der Waals surface area contributed by atoms with Gasteiger partial charge in [0, 0.05) is 25.2 Å². The number of Topliss-reactive ketones (excluding diaryl/α,β-unsaturated/α-hetero) is 1. The molecule has 0 saturated carbocycles. The van der Waals surface area contributed by atoms with Crippen molar-refractivity contribution >= 4 is 28.5 Å². The number of nitrogens with zero attached hydrogens (tertiary/aromatic N) is 4. The van der Waals surface area contributed by atoms with Crippen LogP contribution in [0.4, 0.5) is 22.7 Å². The number of ether oxygens (including phenoxy) is 1. The molecule has 7 nitrogen and oxygen atoms in total. The number of aliphatic hydroxyl groups is 1. The molecule has 0 radical (unpaired) electrons. The number of carbonyl (C=O) groups excluding carboxylic acids is 1. The number of hydrogen-bond donors (Lipinski definition) is 1. The Kier molecular flexibility index (Phi) is 10.2. The molecule has 0 aliphatic heterocycles. The second-order valence-electron chi connectivity index (χ2n) is 7.68. The summed E-state index contributed by atoms with van der Waals surface area (Å²) in [5, 5.41) is 25.9. The summed E-state index contributed by atoms with van der Waals surface area (Å²) in [5.74, 6) is 0.0516. The second-order valence-corrected chi connectivity index (χ2v) is 7.68. The molecule has 0 aromatic heterocycles. The zero-order valence-electron chi connectivity index (χ0n) is 19.4. The van der Waals surface area contributed by atoms with Gasteiger partial charge in [0.05, 0.1) is 29.4 Å². The van der Waals surface area contributed by atoms with Gasteiger partial charge in [0.25, 0.3) is 0 Å². The third-order valence-electron chi connectivity index (χ3n) is 5.09. The molecule has 0 unspecified atom stereocenters. The van der Waals surface area contributed by atoms with Crippen LogP contribution in [0, 0.1) is 0 Å². The highest BCUT2D eigenvalue weighted by Crippen LogP contribution is 2.24. The van der Waals surface area contributed by atoms with Crippen LogP contribution in [0.5, 0.6) is 0 Å². The number of aryl methyl sites for hydroxylation is 1. The Hall–Kier alpha value is -3.55. The third-order valence-corrected chi connectivity index (χ3v) is 5.09. The lowest BCUT2D eigenvalue weighted by Crippen LogP contribution is -2.04. The van der Waals surface area contributed by atoms with Gasteiger partial charge in [0.1, 0.15) is 0 Å². The Morgan fingerprint density at radius 3 is 1.68 bits per heavy atom. The first-order valence-corrected chi connectivity index (χ1v) is 11.5. The highest BCUT2D eigenvalue weighted by atomic mass is 16.5. The minimum Gasteiger partial charge on any atom is -0.396 e. The Labute approximate surface area is 200 Å². The number of hydrogen-bond acceptors (Lipinski definition) is 7. The van der Waals surface area contributed by atoms with Crippen molar-refractivity contribution in [2.45, 2.75) is 32.6 Å². The van der Waals surface area contributed by atoms with E-state index < -0.39 is 0 Å². The average molecular weight is 459 g/mol. The molecule has 3 aromatic carbocycles. The van der Waals surface area contributed by atoms with Crippen LogP contribution in [0.3, 0.4) is 0 Å². The molecule has 34 heavy (non-hydrogen) atoms. The summed E-state index contributed by atoms with van der Waals surface area (Å²) < 4.78 is 5.23. The van der Waals surface area contributed by atoms with E-state index in [0.717, 1.165) is 30.6 Å². The summed E-state index contributed by atoms with van der Waals surface area (Å²) in [6.45, 7) is 3.19. The Balaban J connectivity index is 1.51. The fourth-order valence-corrected chi connectivity index (χ4v) is 3.15. The first kappa shape index (κ1) is 25.1. The fourth-order valence-electron chi connectivity index (χ4n) is 3.15. The SMILES string of the molecule is CCOCCC(=O)c1ccc(N=Nc2ccc(N=Nc3ccc(CCCCO)cc3)cc2)cc1. The molecule has 3 aromatic rings. The van der Waals surface area contributed by atoms with Gasteiger partial charge in [-0.1, -0.05) is 12.1 Å². The van der Waals surface area contributed by atoms with Gasteiger partial charge in [-0.3, -0.25) is 4.79 Å². The lowest BCUT2D eigenvalue weighted by molar-refractivity contribution is 0.0896. The number of unbranched alkanes of at least 4 members (excludes halogenated alkanes) is 1. The summed E-state index contributed by atoms with van der Waals surface area (Å²) in [5.41, 5.74) is 4.75. The molecular formula is C27H30N4O3. The van der Waals surface area contributed by atoms with E-state index in [2.05, 4.69) is 20.5 Å². The number of aliphatic hydroxyl groups excluding tert-OH is 1. The number of ketones is 1. The Morgan fingerprint density at radius 1 is 0.735 bits per heavy atom. The van der Waals surface area contributed by atoms with Crippen LogP contribution in [0.1, 0.15) is 42.1 Å². The summed E-state index contributed by atoms with van der Waals surface area (Å²) in [7, 11) is 0. The molecule has 0 heterocycles. The molecule has 0 bridgehead atoms. The molecule has 0 fully saturated rings. The molecule has 0 spiro atoms. The number of benzene rings is 3. The van der Waals surface area contributed by atoms with Gasteiger partial charge >= 0.3 is 0 Å². The molecular weight excluding hydrogens is 428 g/mol. The molecule has 0 aliphatic rings. The topological polar surface area (TPSA) is 96.0 Å². The van der Waals surface area contributed by atoms with E-state index in [1.165, 1.54) is 5.56 Å². The van der Waals surface area contributed by atoms with Crippen molar-refractivity contribution in [3.8, 4) is 0 Å². The van der Waals surface area contributed by atoms with Gasteiger partial charge in [-0.2, -0.15) is 20.5 Å². The van der Waals surface area contributed by atoms with Gasteiger partial charge in [-0.25, -0.2) is 0 Å². The summed E-state index contributed by atoms with van der Waals surface area (Å²) in [6, 6.07) is 22.4. The Bertz CT molecular complexity index is 1080. The third kappa shape index (κ3) is 8.42. The van der Waals surface area contributed by atoms with Gasteiger partial charge in [0.2, 0.25) is 0 Å². The molecule has 176 valence electrons. The Morgan fingerprint density at radius 2 is 1.21 bits per heavy atom. The molecule has 0 atom stereocenters. The van der Waals surface area contributed by atoms with E-state index in [-0.39, 0.29) is 12.4 Å². The van der Waals surface area contributed by atoms with Crippen molar-refractivity contribution in [3.63, 3.8) is 0 Å². The lowest BCUT2D eigenvalue weighted by atomic mass is 10.1. The number of carbonyl (C=O) groups is 1. The highest BCUT2D eigenvalue weighted by Gasteiger charge is 2.05. The number of azo groups is 2. The van der Waals surface area contributed by atoms with Crippen LogP contribution in [0.2, 0.25) is 0 Å². The van der Waals surface area contributed by atoms with Crippen LogP contribution in [0.25, 0.3) is 0 Å². The minimum atomic E-state index is 0.0516. The van der Waals surface area contributed by atoms with Crippen molar-refractivity contribution in [1.82, 2.24) is 0 Å². The van der Waals surface area contributed by atoms with Crippen LogP contribution in [-0.2, 0) is 11.2 Å². The van der Waals surface area contributed by atoms with Crippen molar-refractivity contribution in [2.75, 3.05) is 19.8 Å². The lowest BCUT2D eigenvalue weighted by Gasteiger charge is -2.02. The van der Waals surface area contributed by atoms with E-state index in [9.17, 15) is 4.79 Å². The molecule has 7 heteroatoms.